The van der Waals surface area contributed by atoms with Gasteiger partial charge in [0.2, 0.25) is 0 Å². The van der Waals surface area contributed by atoms with Gasteiger partial charge in [-0.15, -0.1) is 0 Å². The van der Waals surface area contributed by atoms with Crippen LogP contribution < -0.4 is 16.0 Å². The SMILES string of the molecule is C[C@@H](N)[C@@H]1CCCN(C(=O)c2cc(N3CCNC3=O)ccc2Cl)C1. The van der Waals surface area contributed by atoms with E-state index in [9.17, 15) is 9.59 Å². The minimum Gasteiger partial charge on any atom is -0.338 e. The second kappa shape index (κ2) is 6.99. The Kier molecular flexibility index (Phi) is 4.96. The molecule has 0 bridgehead atoms. The Morgan fingerprint density at radius 1 is 1.42 bits per heavy atom. The summed E-state index contributed by atoms with van der Waals surface area (Å²) in [5.41, 5.74) is 7.14. The summed E-state index contributed by atoms with van der Waals surface area (Å²) in [5.74, 6) is 0.223. The summed E-state index contributed by atoms with van der Waals surface area (Å²) < 4.78 is 0. The van der Waals surface area contributed by atoms with Crippen LogP contribution in [0, 0.1) is 5.92 Å². The van der Waals surface area contributed by atoms with Crippen LogP contribution in [0.5, 0.6) is 0 Å². The van der Waals surface area contributed by atoms with Gasteiger partial charge in [-0.05, 0) is 43.9 Å². The van der Waals surface area contributed by atoms with Crippen molar-refractivity contribution in [3.8, 4) is 0 Å². The molecule has 6 nitrogen and oxygen atoms in total. The molecule has 2 fully saturated rings. The van der Waals surface area contributed by atoms with Gasteiger partial charge in [-0.3, -0.25) is 9.69 Å². The third-order valence-corrected chi connectivity index (χ3v) is 5.17. The van der Waals surface area contributed by atoms with Crippen molar-refractivity contribution in [1.82, 2.24) is 10.2 Å². The Morgan fingerprint density at radius 3 is 2.88 bits per heavy atom. The molecular weight excluding hydrogens is 328 g/mol. The molecule has 0 aromatic heterocycles. The first-order chi connectivity index (χ1) is 11.5. The zero-order valence-electron chi connectivity index (χ0n) is 13.8. The first-order valence-electron chi connectivity index (χ1n) is 8.37. The third kappa shape index (κ3) is 3.35. The molecule has 2 atom stereocenters. The second-order valence-corrected chi connectivity index (χ2v) is 6.97. The minimum atomic E-state index is -0.147. The number of halogens is 1. The number of urea groups is 1. The summed E-state index contributed by atoms with van der Waals surface area (Å²) in [4.78, 5) is 28.2. The molecule has 24 heavy (non-hydrogen) atoms. The maximum absolute atomic E-state index is 12.9. The van der Waals surface area contributed by atoms with Crippen LogP contribution in [0.4, 0.5) is 10.5 Å². The maximum atomic E-state index is 12.9. The van der Waals surface area contributed by atoms with E-state index in [1.165, 1.54) is 0 Å². The van der Waals surface area contributed by atoms with Crippen LogP contribution in [0.25, 0.3) is 0 Å². The lowest BCUT2D eigenvalue weighted by atomic mass is 9.92. The molecule has 0 saturated carbocycles. The first-order valence-corrected chi connectivity index (χ1v) is 8.75. The number of anilines is 1. The topological polar surface area (TPSA) is 78.7 Å². The quantitative estimate of drug-likeness (QED) is 0.875. The van der Waals surface area contributed by atoms with Crippen LogP contribution in [-0.4, -0.2) is 49.1 Å². The van der Waals surface area contributed by atoms with Gasteiger partial charge >= 0.3 is 6.03 Å². The highest BCUT2D eigenvalue weighted by molar-refractivity contribution is 6.34. The Labute approximate surface area is 146 Å². The van der Waals surface area contributed by atoms with Crippen molar-refractivity contribution in [2.75, 3.05) is 31.1 Å². The van der Waals surface area contributed by atoms with Crippen molar-refractivity contribution >= 4 is 29.2 Å². The molecule has 7 heteroatoms. The predicted octanol–water partition coefficient (Wildman–Crippen LogP) is 2.07. The summed E-state index contributed by atoms with van der Waals surface area (Å²) in [5, 5.41) is 3.17. The molecule has 1 aromatic rings. The standard InChI is InChI=1S/C17H23ClN4O2/c1-11(19)12-3-2-7-21(10-12)16(23)14-9-13(4-5-15(14)18)22-8-6-20-17(22)24/h4-5,9,11-12H,2-3,6-8,10,19H2,1H3,(H,20,24)/t11-,12-/m1/s1. The van der Waals surface area contributed by atoms with Gasteiger partial charge in [0.05, 0.1) is 10.6 Å². The monoisotopic (exact) mass is 350 g/mol. The smallest absolute Gasteiger partial charge is 0.321 e. The highest BCUT2D eigenvalue weighted by Crippen LogP contribution is 2.27. The average molecular weight is 351 g/mol. The molecule has 2 saturated heterocycles. The summed E-state index contributed by atoms with van der Waals surface area (Å²) in [7, 11) is 0. The second-order valence-electron chi connectivity index (χ2n) is 6.56. The number of carbonyl (C=O) groups excluding carboxylic acids is 2. The largest absolute Gasteiger partial charge is 0.338 e. The number of piperidine rings is 1. The Balaban J connectivity index is 1.82. The van der Waals surface area contributed by atoms with Crippen molar-refractivity contribution in [2.45, 2.75) is 25.8 Å². The number of amides is 3. The fourth-order valence-electron chi connectivity index (χ4n) is 3.36. The number of rotatable bonds is 3. The molecule has 0 spiro atoms. The van der Waals surface area contributed by atoms with Gasteiger partial charge in [-0.2, -0.15) is 0 Å². The van der Waals surface area contributed by atoms with E-state index in [0.717, 1.165) is 12.8 Å². The van der Waals surface area contributed by atoms with Gasteiger partial charge in [-0.1, -0.05) is 11.6 Å². The van der Waals surface area contributed by atoms with Gasteiger partial charge in [0.1, 0.15) is 0 Å². The van der Waals surface area contributed by atoms with Gasteiger partial charge in [-0.25, -0.2) is 4.79 Å². The van der Waals surface area contributed by atoms with Crippen LogP contribution in [-0.2, 0) is 0 Å². The summed E-state index contributed by atoms with van der Waals surface area (Å²) in [6.45, 7) is 4.55. The molecule has 0 unspecified atom stereocenters. The van der Waals surface area contributed by atoms with E-state index in [4.69, 9.17) is 17.3 Å². The number of nitrogens with zero attached hydrogens (tertiary/aromatic N) is 2. The minimum absolute atomic E-state index is 0.0655. The van der Waals surface area contributed by atoms with Crippen molar-refractivity contribution in [2.24, 2.45) is 11.7 Å². The normalized spacial score (nSPS) is 22.5. The molecule has 2 aliphatic heterocycles. The lowest BCUT2D eigenvalue weighted by Crippen LogP contribution is -2.45. The molecule has 3 N–H and O–H groups in total. The average Bonchev–Trinajstić information content (AvgIpc) is 3.01. The summed E-state index contributed by atoms with van der Waals surface area (Å²) >= 11 is 6.26. The number of hydrogen-bond acceptors (Lipinski definition) is 3. The maximum Gasteiger partial charge on any atom is 0.321 e. The predicted molar refractivity (Wildman–Crippen MR) is 94.5 cm³/mol. The van der Waals surface area contributed by atoms with Crippen LogP contribution in [0.15, 0.2) is 18.2 Å². The Hall–Kier alpha value is -1.79. The zero-order chi connectivity index (χ0) is 17.3. The molecule has 130 valence electrons. The van der Waals surface area contributed by atoms with E-state index in [0.29, 0.717) is 48.4 Å². The van der Waals surface area contributed by atoms with E-state index in [-0.39, 0.29) is 18.0 Å². The number of carbonyl (C=O) groups is 2. The van der Waals surface area contributed by atoms with Crippen LogP contribution in [0.1, 0.15) is 30.1 Å². The van der Waals surface area contributed by atoms with Gasteiger partial charge in [0, 0.05) is 37.9 Å². The highest BCUT2D eigenvalue weighted by Gasteiger charge is 2.28. The van der Waals surface area contributed by atoms with E-state index < -0.39 is 0 Å². The van der Waals surface area contributed by atoms with Gasteiger partial charge < -0.3 is 16.0 Å². The van der Waals surface area contributed by atoms with E-state index >= 15 is 0 Å². The summed E-state index contributed by atoms with van der Waals surface area (Å²) in [6.07, 6.45) is 1.99. The number of hydrogen-bond donors (Lipinski definition) is 2. The molecular formula is C17H23ClN4O2. The molecule has 3 amide bonds. The number of likely N-dealkylation sites (tertiary alicyclic amines) is 1. The van der Waals surface area contributed by atoms with Crippen LogP contribution in [0.3, 0.4) is 0 Å². The number of benzene rings is 1. The third-order valence-electron chi connectivity index (χ3n) is 4.84. The van der Waals surface area contributed by atoms with Crippen molar-refractivity contribution in [3.63, 3.8) is 0 Å². The first kappa shape index (κ1) is 17.0. The number of nitrogens with two attached hydrogens (primary N) is 1. The zero-order valence-corrected chi connectivity index (χ0v) is 14.6. The van der Waals surface area contributed by atoms with E-state index in [1.807, 2.05) is 11.8 Å². The van der Waals surface area contributed by atoms with E-state index in [1.54, 1.807) is 23.1 Å². The molecule has 2 heterocycles. The Bertz CT molecular complexity index is 649. The molecule has 1 aromatic carbocycles. The van der Waals surface area contributed by atoms with Crippen molar-refractivity contribution < 1.29 is 9.59 Å². The van der Waals surface area contributed by atoms with Crippen LogP contribution in [0.2, 0.25) is 5.02 Å². The fourth-order valence-corrected chi connectivity index (χ4v) is 3.56. The lowest BCUT2D eigenvalue weighted by Gasteiger charge is -2.35. The highest BCUT2D eigenvalue weighted by atomic mass is 35.5. The molecule has 0 aliphatic carbocycles. The van der Waals surface area contributed by atoms with Crippen molar-refractivity contribution in [3.05, 3.63) is 28.8 Å². The fraction of sp³-hybridized carbons (Fsp3) is 0.529. The number of nitrogens with one attached hydrogen (secondary N) is 1. The van der Waals surface area contributed by atoms with E-state index in [2.05, 4.69) is 5.32 Å². The molecule has 2 aliphatic rings. The van der Waals surface area contributed by atoms with Gasteiger partial charge in [0.25, 0.3) is 5.91 Å². The van der Waals surface area contributed by atoms with Crippen molar-refractivity contribution in [1.29, 1.82) is 0 Å². The molecule has 3 rings (SSSR count). The summed E-state index contributed by atoms with van der Waals surface area (Å²) in [6, 6.07) is 5.08. The lowest BCUT2D eigenvalue weighted by molar-refractivity contribution is 0.0661. The molecule has 0 radical (unpaired) electrons. The van der Waals surface area contributed by atoms with Gasteiger partial charge in [0.15, 0.2) is 0 Å². The Morgan fingerprint density at radius 2 is 2.21 bits per heavy atom. The van der Waals surface area contributed by atoms with Crippen LogP contribution >= 0.6 is 11.6 Å².